The molecule has 1 aromatic rings. The summed E-state index contributed by atoms with van der Waals surface area (Å²) in [6, 6.07) is 1.31. The second-order valence-corrected chi connectivity index (χ2v) is 6.62. The van der Waals surface area contributed by atoms with Gasteiger partial charge in [0.2, 0.25) is 0 Å². The molecule has 2 fully saturated rings. The maximum atomic E-state index is 4.26. The molecule has 20 heavy (non-hydrogen) atoms. The lowest BCUT2D eigenvalue weighted by Crippen LogP contribution is -2.58. The van der Waals surface area contributed by atoms with Crippen molar-refractivity contribution in [1.29, 1.82) is 0 Å². The summed E-state index contributed by atoms with van der Waals surface area (Å²) in [7, 11) is 1.94. The second kappa shape index (κ2) is 5.82. The van der Waals surface area contributed by atoms with Crippen LogP contribution < -0.4 is 5.32 Å². The van der Waals surface area contributed by atoms with Crippen LogP contribution in [-0.2, 0) is 13.6 Å². The SMILES string of the molecule is CCC(C)C1CN(Cc2cn(C)nn2)C(C2CC2)CN1. The molecule has 0 spiro atoms. The van der Waals surface area contributed by atoms with Crippen LogP contribution in [-0.4, -0.2) is 45.1 Å². The first kappa shape index (κ1) is 14.0. The van der Waals surface area contributed by atoms with E-state index in [2.05, 4.69) is 34.4 Å². The third-order valence-electron chi connectivity index (χ3n) is 5.00. The molecule has 0 aromatic carbocycles. The van der Waals surface area contributed by atoms with Crippen molar-refractivity contribution in [3.05, 3.63) is 11.9 Å². The standard InChI is InChI=1S/C15H27N5/c1-4-11(2)14-10-20(9-13-8-19(3)18-17-13)15(7-16-14)12-5-6-12/h8,11-12,14-16H,4-7,9-10H2,1-3H3. The molecule has 3 atom stereocenters. The lowest BCUT2D eigenvalue weighted by molar-refractivity contribution is 0.0879. The van der Waals surface area contributed by atoms with Gasteiger partial charge in [-0.25, -0.2) is 0 Å². The van der Waals surface area contributed by atoms with E-state index in [1.165, 1.54) is 19.3 Å². The highest BCUT2D eigenvalue weighted by Gasteiger charge is 2.39. The van der Waals surface area contributed by atoms with Crippen molar-refractivity contribution in [1.82, 2.24) is 25.2 Å². The number of aromatic nitrogens is 3. The molecule has 2 heterocycles. The number of nitrogens with one attached hydrogen (secondary N) is 1. The number of hydrogen-bond donors (Lipinski definition) is 1. The first-order valence-electron chi connectivity index (χ1n) is 8.00. The third-order valence-corrected chi connectivity index (χ3v) is 5.00. The largest absolute Gasteiger partial charge is 0.311 e. The Labute approximate surface area is 121 Å². The molecule has 1 aromatic heterocycles. The second-order valence-electron chi connectivity index (χ2n) is 6.62. The Bertz CT molecular complexity index is 439. The Morgan fingerprint density at radius 2 is 2.25 bits per heavy atom. The van der Waals surface area contributed by atoms with Crippen LogP contribution in [0.15, 0.2) is 6.20 Å². The molecule has 5 heteroatoms. The van der Waals surface area contributed by atoms with Crippen LogP contribution in [0.2, 0.25) is 0 Å². The summed E-state index contributed by atoms with van der Waals surface area (Å²) in [4.78, 5) is 2.65. The number of nitrogens with zero attached hydrogens (tertiary/aromatic N) is 4. The van der Waals surface area contributed by atoms with Crippen molar-refractivity contribution in [2.45, 2.75) is 51.7 Å². The molecule has 112 valence electrons. The minimum Gasteiger partial charge on any atom is -0.311 e. The maximum absolute atomic E-state index is 4.26. The molecule has 2 aliphatic rings. The van der Waals surface area contributed by atoms with Crippen molar-refractivity contribution >= 4 is 0 Å². The predicted octanol–water partition coefficient (Wildman–Crippen LogP) is 1.41. The van der Waals surface area contributed by atoms with Crippen molar-refractivity contribution < 1.29 is 0 Å². The van der Waals surface area contributed by atoms with Crippen LogP contribution in [0, 0.1) is 11.8 Å². The van der Waals surface area contributed by atoms with E-state index in [1.807, 2.05) is 13.2 Å². The minimum atomic E-state index is 0.617. The molecular formula is C15H27N5. The van der Waals surface area contributed by atoms with Gasteiger partial charge in [0.1, 0.15) is 0 Å². The van der Waals surface area contributed by atoms with Gasteiger partial charge in [0.15, 0.2) is 0 Å². The van der Waals surface area contributed by atoms with Gasteiger partial charge in [0.05, 0.1) is 5.69 Å². The van der Waals surface area contributed by atoms with Gasteiger partial charge < -0.3 is 5.32 Å². The van der Waals surface area contributed by atoms with Gasteiger partial charge in [-0.3, -0.25) is 9.58 Å². The normalized spacial score (nSPS) is 29.6. The maximum Gasteiger partial charge on any atom is 0.0967 e. The summed E-state index contributed by atoms with van der Waals surface area (Å²) < 4.78 is 1.80. The van der Waals surface area contributed by atoms with Crippen LogP contribution in [0.25, 0.3) is 0 Å². The van der Waals surface area contributed by atoms with Gasteiger partial charge in [-0.2, -0.15) is 0 Å². The Balaban J connectivity index is 1.68. The highest BCUT2D eigenvalue weighted by molar-refractivity contribution is 5.00. The molecule has 3 rings (SSSR count). The fraction of sp³-hybridized carbons (Fsp3) is 0.867. The van der Waals surface area contributed by atoms with E-state index in [-0.39, 0.29) is 0 Å². The van der Waals surface area contributed by atoms with E-state index in [0.29, 0.717) is 12.1 Å². The van der Waals surface area contributed by atoms with Gasteiger partial charge >= 0.3 is 0 Å². The Morgan fingerprint density at radius 3 is 2.85 bits per heavy atom. The zero-order valence-electron chi connectivity index (χ0n) is 12.9. The monoisotopic (exact) mass is 277 g/mol. The van der Waals surface area contributed by atoms with Crippen LogP contribution in [0.5, 0.6) is 0 Å². The highest BCUT2D eigenvalue weighted by Crippen LogP contribution is 2.37. The topological polar surface area (TPSA) is 46.0 Å². The number of rotatable bonds is 5. The van der Waals surface area contributed by atoms with Gasteiger partial charge in [0, 0.05) is 45.0 Å². The summed E-state index contributed by atoms with van der Waals surface area (Å²) in [5.41, 5.74) is 1.10. The fourth-order valence-electron chi connectivity index (χ4n) is 3.32. The molecular weight excluding hydrogens is 250 g/mol. The van der Waals surface area contributed by atoms with Gasteiger partial charge in [-0.15, -0.1) is 5.10 Å². The highest BCUT2D eigenvalue weighted by atomic mass is 15.4. The first-order valence-corrected chi connectivity index (χ1v) is 8.00. The number of aryl methyl sites for hydroxylation is 1. The molecule has 1 saturated heterocycles. The molecule has 1 aliphatic carbocycles. The molecule has 3 unspecified atom stereocenters. The molecule has 5 nitrogen and oxygen atoms in total. The predicted molar refractivity (Wildman–Crippen MR) is 79.2 cm³/mol. The quantitative estimate of drug-likeness (QED) is 0.884. The summed E-state index contributed by atoms with van der Waals surface area (Å²) in [5.74, 6) is 1.64. The number of piperazine rings is 1. The average molecular weight is 277 g/mol. The number of hydrogen-bond acceptors (Lipinski definition) is 4. The Kier molecular flexibility index (Phi) is 4.08. The molecule has 1 saturated carbocycles. The molecule has 1 aliphatic heterocycles. The summed E-state index contributed by atoms with van der Waals surface area (Å²) in [6.07, 6.45) is 6.09. The Hall–Kier alpha value is -0.940. The molecule has 0 radical (unpaired) electrons. The zero-order valence-corrected chi connectivity index (χ0v) is 12.9. The van der Waals surface area contributed by atoms with Crippen molar-refractivity contribution in [2.24, 2.45) is 18.9 Å². The van der Waals surface area contributed by atoms with E-state index in [9.17, 15) is 0 Å². The summed E-state index contributed by atoms with van der Waals surface area (Å²) in [5, 5.41) is 12.1. The Morgan fingerprint density at radius 1 is 1.45 bits per heavy atom. The van der Waals surface area contributed by atoms with E-state index < -0.39 is 0 Å². The van der Waals surface area contributed by atoms with E-state index in [1.54, 1.807) is 4.68 Å². The molecule has 1 N–H and O–H groups in total. The first-order chi connectivity index (χ1) is 9.67. The van der Waals surface area contributed by atoms with Crippen molar-refractivity contribution in [2.75, 3.05) is 13.1 Å². The lowest BCUT2D eigenvalue weighted by Gasteiger charge is -2.42. The van der Waals surface area contributed by atoms with Crippen LogP contribution in [0.1, 0.15) is 38.8 Å². The fourth-order valence-corrected chi connectivity index (χ4v) is 3.32. The van der Waals surface area contributed by atoms with E-state index >= 15 is 0 Å². The van der Waals surface area contributed by atoms with Crippen molar-refractivity contribution in [3.63, 3.8) is 0 Å². The van der Waals surface area contributed by atoms with Gasteiger partial charge in [0.25, 0.3) is 0 Å². The summed E-state index contributed by atoms with van der Waals surface area (Å²) in [6.45, 7) is 7.87. The molecule has 0 bridgehead atoms. The van der Waals surface area contributed by atoms with E-state index in [0.717, 1.165) is 37.2 Å². The van der Waals surface area contributed by atoms with Gasteiger partial charge in [-0.05, 0) is 24.7 Å². The van der Waals surface area contributed by atoms with Crippen LogP contribution >= 0.6 is 0 Å². The van der Waals surface area contributed by atoms with Crippen LogP contribution in [0.3, 0.4) is 0 Å². The minimum absolute atomic E-state index is 0.617. The van der Waals surface area contributed by atoms with Crippen molar-refractivity contribution in [3.8, 4) is 0 Å². The van der Waals surface area contributed by atoms with Crippen LogP contribution in [0.4, 0.5) is 0 Å². The summed E-state index contributed by atoms with van der Waals surface area (Å²) >= 11 is 0. The van der Waals surface area contributed by atoms with Gasteiger partial charge in [-0.1, -0.05) is 25.5 Å². The zero-order chi connectivity index (χ0) is 14.1. The lowest BCUT2D eigenvalue weighted by atomic mass is 9.94. The van der Waals surface area contributed by atoms with E-state index in [4.69, 9.17) is 0 Å². The molecule has 0 amide bonds. The average Bonchev–Trinajstić information content (AvgIpc) is 3.21. The smallest absolute Gasteiger partial charge is 0.0967 e. The third kappa shape index (κ3) is 3.04.